The molecule has 0 aliphatic heterocycles. The minimum atomic E-state index is -0.884. The minimum Gasteiger partial charge on any atom is -0.477 e. The summed E-state index contributed by atoms with van der Waals surface area (Å²) in [5.74, 6) is -1.52. The molecule has 0 heterocycles. The minimum absolute atomic E-state index is 0.0450. The second-order valence-electron chi connectivity index (χ2n) is 15.7. The molecule has 0 fully saturated rings. The van der Waals surface area contributed by atoms with Crippen molar-refractivity contribution in [1.29, 1.82) is 0 Å². The number of quaternary nitrogens is 1. The molecule has 0 saturated heterocycles. The third-order valence-electron chi connectivity index (χ3n) is 9.43. The van der Waals surface area contributed by atoms with E-state index in [0.717, 1.165) is 77.0 Å². The molecular weight excluding hydrogens is 703 g/mol. The van der Waals surface area contributed by atoms with E-state index in [0.29, 0.717) is 19.3 Å². The maximum absolute atomic E-state index is 12.7. The highest BCUT2D eigenvalue weighted by atomic mass is 16.6. The van der Waals surface area contributed by atoms with Crippen molar-refractivity contribution in [1.82, 2.24) is 0 Å². The Kier molecular flexibility index (Phi) is 36.4. The van der Waals surface area contributed by atoms with Crippen LogP contribution in [0.15, 0.2) is 72.9 Å². The van der Waals surface area contributed by atoms with Crippen LogP contribution in [-0.2, 0) is 28.6 Å². The summed E-state index contributed by atoms with van der Waals surface area (Å²) in [4.78, 5) is 37.0. The monoisotopic (exact) mass is 785 g/mol. The molecule has 0 radical (unpaired) electrons. The van der Waals surface area contributed by atoms with E-state index in [1.54, 1.807) is 0 Å². The van der Waals surface area contributed by atoms with Gasteiger partial charge in [0.1, 0.15) is 6.61 Å². The summed E-state index contributed by atoms with van der Waals surface area (Å²) in [6.07, 6.45) is 47.9. The van der Waals surface area contributed by atoms with Gasteiger partial charge in [0.2, 0.25) is 0 Å². The van der Waals surface area contributed by atoms with Gasteiger partial charge in [-0.1, -0.05) is 151 Å². The Morgan fingerprint density at radius 1 is 0.571 bits per heavy atom. The first-order chi connectivity index (χ1) is 27.1. The summed E-state index contributed by atoms with van der Waals surface area (Å²) in [5, 5.41) is 9.62. The van der Waals surface area contributed by atoms with Gasteiger partial charge in [-0.15, -0.1) is 0 Å². The zero-order valence-corrected chi connectivity index (χ0v) is 36.3. The summed E-state index contributed by atoms with van der Waals surface area (Å²) >= 11 is 0. The number of allylic oxidation sites excluding steroid dienone is 12. The number of carboxylic acid groups (broad SMARTS) is 1. The zero-order valence-electron chi connectivity index (χ0n) is 36.3. The van der Waals surface area contributed by atoms with Crippen molar-refractivity contribution in [2.75, 3.05) is 41.0 Å². The lowest BCUT2D eigenvalue weighted by atomic mass is 10.1. The van der Waals surface area contributed by atoms with Gasteiger partial charge in [-0.3, -0.25) is 9.59 Å². The van der Waals surface area contributed by atoms with Gasteiger partial charge in [-0.25, -0.2) is 4.79 Å². The Labute approximate surface area is 342 Å². The maximum atomic E-state index is 12.7. The number of aliphatic carboxylic acids is 1. The van der Waals surface area contributed by atoms with Gasteiger partial charge < -0.3 is 23.8 Å². The summed E-state index contributed by atoms with van der Waals surface area (Å²) in [5.41, 5.74) is 0. The maximum Gasteiger partial charge on any atom is 0.362 e. The molecule has 56 heavy (non-hydrogen) atoms. The lowest BCUT2D eigenvalue weighted by Crippen LogP contribution is -2.50. The van der Waals surface area contributed by atoms with E-state index >= 15 is 0 Å². The fourth-order valence-electron chi connectivity index (χ4n) is 6.01. The summed E-state index contributed by atoms with van der Waals surface area (Å²) in [6, 6.07) is -0.623. The molecule has 8 nitrogen and oxygen atoms in total. The second kappa shape index (κ2) is 38.6. The Morgan fingerprint density at radius 3 is 1.62 bits per heavy atom. The molecule has 320 valence electrons. The van der Waals surface area contributed by atoms with Gasteiger partial charge in [-0.2, -0.15) is 0 Å². The van der Waals surface area contributed by atoms with Gasteiger partial charge in [-0.05, 0) is 64.2 Å². The third-order valence-corrected chi connectivity index (χ3v) is 9.43. The largest absolute Gasteiger partial charge is 0.477 e. The number of unbranched alkanes of at least 4 members (excludes halogenated alkanes) is 15. The van der Waals surface area contributed by atoms with Crippen LogP contribution in [0.4, 0.5) is 0 Å². The lowest BCUT2D eigenvalue weighted by Gasteiger charge is -2.31. The Balaban J connectivity index is 4.40. The van der Waals surface area contributed by atoms with Crippen molar-refractivity contribution >= 4 is 17.9 Å². The van der Waals surface area contributed by atoms with E-state index in [2.05, 4.69) is 56.4 Å². The molecule has 8 heteroatoms. The number of carboxylic acids is 1. The summed E-state index contributed by atoms with van der Waals surface area (Å²) in [6.45, 7) is 4.52. The third kappa shape index (κ3) is 36.4. The van der Waals surface area contributed by atoms with Gasteiger partial charge in [0, 0.05) is 19.3 Å². The van der Waals surface area contributed by atoms with Crippen LogP contribution in [0.1, 0.15) is 162 Å². The standard InChI is InChI=1S/C48H81NO7/c1-6-8-10-12-14-16-18-20-22-23-25-26-28-30-32-34-36-38-46(50)55-43-44(42-54-41-40-45(48(52)53)49(3,4)5)56-47(51)39-37-35-33-31-29-27-24-21-19-17-15-13-11-9-7-2/h9,11,13-17,19-22,24,44-45H,6-8,10,12,18,23,25-43H2,1-5H3/p+1/b11-9+,15-13+,16-14+,19-17+,22-20+,24-21+. The Bertz CT molecular complexity index is 1140. The molecule has 0 spiro atoms. The predicted molar refractivity (Wildman–Crippen MR) is 233 cm³/mol. The van der Waals surface area contributed by atoms with E-state index in [9.17, 15) is 19.5 Å². The van der Waals surface area contributed by atoms with Gasteiger partial charge in [0.05, 0.1) is 34.4 Å². The molecule has 0 aromatic carbocycles. The van der Waals surface area contributed by atoms with Crippen LogP contribution in [0.25, 0.3) is 0 Å². The van der Waals surface area contributed by atoms with Crippen molar-refractivity contribution in [2.24, 2.45) is 0 Å². The summed E-state index contributed by atoms with van der Waals surface area (Å²) < 4.78 is 17.2. The van der Waals surface area contributed by atoms with Crippen LogP contribution in [0.3, 0.4) is 0 Å². The molecule has 0 aliphatic carbocycles. The van der Waals surface area contributed by atoms with Crippen LogP contribution in [0.5, 0.6) is 0 Å². The number of carbonyl (C=O) groups is 3. The van der Waals surface area contributed by atoms with Gasteiger partial charge >= 0.3 is 17.9 Å². The van der Waals surface area contributed by atoms with Crippen molar-refractivity contribution in [2.45, 2.75) is 174 Å². The first kappa shape index (κ1) is 52.8. The molecule has 2 unspecified atom stereocenters. The molecule has 0 rings (SSSR count). The van der Waals surface area contributed by atoms with E-state index in [-0.39, 0.29) is 36.2 Å². The summed E-state index contributed by atoms with van der Waals surface area (Å²) in [7, 11) is 5.51. The quantitative estimate of drug-likeness (QED) is 0.0219. The predicted octanol–water partition coefficient (Wildman–Crippen LogP) is 12.0. The van der Waals surface area contributed by atoms with Gasteiger partial charge in [0.25, 0.3) is 0 Å². The van der Waals surface area contributed by atoms with Crippen LogP contribution in [0.2, 0.25) is 0 Å². The number of rotatable bonds is 38. The molecule has 2 atom stereocenters. The van der Waals surface area contributed by atoms with E-state index in [1.807, 2.05) is 51.5 Å². The number of hydrogen-bond acceptors (Lipinski definition) is 6. The first-order valence-corrected chi connectivity index (χ1v) is 22.0. The average molecular weight is 785 g/mol. The molecular formula is C48H82NO7+. The Hall–Kier alpha value is -3.23. The van der Waals surface area contributed by atoms with E-state index in [1.165, 1.54) is 51.4 Å². The first-order valence-electron chi connectivity index (χ1n) is 22.0. The molecule has 1 N–H and O–H groups in total. The zero-order chi connectivity index (χ0) is 41.4. The molecule has 0 aliphatic rings. The fourth-order valence-corrected chi connectivity index (χ4v) is 6.01. The van der Waals surface area contributed by atoms with Gasteiger partial charge in [0.15, 0.2) is 12.1 Å². The van der Waals surface area contributed by atoms with Crippen LogP contribution < -0.4 is 0 Å². The van der Waals surface area contributed by atoms with Crippen LogP contribution in [0, 0.1) is 0 Å². The number of hydrogen-bond donors (Lipinski definition) is 1. The van der Waals surface area contributed by atoms with Crippen molar-refractivity contribution < 1.29 is 38.2 Å². The van der Waals surface area contributed by atoms with Crippen LogP contribution in [-0.4, -0.2) is 80.6 Å². The highest BCUT2D eigenvalue weighted by Crippen LogP contribution is 2.13. The number of likely N-dealkylation sites (N-methyl/N-ethyl adjacent to an activating group) is 1. The van der Waals surface area contributed by atoms with E-state index < -0.39 is 18.1 Å². The van der Waals surface area contributed by atoms with Crippen molar-refractivity contribution in [3.63, 3.8) is 0 Å². The molecule has 0 bridgehead atoms. The SMILES string of the molecule is CC/C=C/C=C/C=C/C=C/CCCCCCCC(=O)OC(COCCC(C(=O)O)[N+](C)(C)C)COC(=O)CCCCCCCCC/C=C/C/C=C/CCCCC. The molecule has 0 aromatic heterocycles. The van der Waals surface area contributed by atoms with Crippen molar-refractivity contribution in [3.8, 4) is 0 Å². The number of ether oxygens (including phenoxy) is 3. The highest BCUT2D eigenvalue weighted by molar-refractivity contribution is 5.72. The number of esters is 2. The second-order valence-corrected chi connectivity index (χ2v) is 15.7. The highest BCUT2D eigenvalue weighted by Gasteiger charge is 2.31. The van der Waals surface area contributed by atoms with E-state index in [4.69, 9.17) is 14.2 Å². The lowest BCUT2D eigenvalue weighted by molar-refractivity contribution is -0.887. The molecule has 0 saturated carbocycles. The normalized spacial score (nSPS) is 13.7. The smallest absolute Gasteiger partial charge is 0.362 e. The van der Waals surface area contributed by atoms with Crippen LogP contribution >= 0.6 is 0 Å². The Morgan fingerprint density at radius 2 is 1.07 bits per heavy atom. The number of nitrogens with zero attached hydrogens (tertiary/aromatic N) is 1. The van der Waals surface area contributed by atoms with Crippen molar-refractivity contribution in [3.05, 3.63) is 72.9 Å². The molecule has 0 amide bonds. The topological polar surface area (TPSA) is 99.1 Å². The average Bonchev–Trinajstić information content (AvgIpc) is 3.15. The fraction of sp³-hybridized carbons (Fsp3) is 0.688. The number of carbonyl (C=O) groups excluding carboxylic acids is 2. The molecule has 0 aromatic rings.